The van der Waals surface area contributed by atoms with Crippen molar-refractivity contribution in [2.45, 2.75) is 71.5 Å². The fourth-order valence-electron chi connectivity index (χ4n) is 4.51. The van der Waals surface area contributed by atoms with Crippen molar-refractivity contribution in [1.82, 2.24) is 0 Å². The summed E-state index contributed by atoms with van der Waals surface area (Å²) in [7, 11) is 0. The van der Waals surface area contributed by atoms with Gasteiger partial charge in [0.1, 0.15) is 6.10 Å². The van der Waals surface area contributed by atoms with Gasteiger partial charge in [-0.1, -0.05) is 98.5 Å². The van der Waals surface area contributed by atoms with E-state index in [-0.39, 0.29) is 12.1 Å². The maximum atomic E-state index is 12.8. The molecule has 4 heteroatoms. The van der Waals surface area contributed by atoms with Gasteiger partial charge in [0, 0.05) is 12.5 Å². The van der Waals surface area contributed by atoms with E-state index < -0.39 is 6.10 Å². The molecule has 2 atom stereocenters. The Labute approximate surface area is 223 Å². The molecule has 0 bridgehead atoms. The Morgan fingerprint density at radius 1 is 0.892 bits per heavy atom. The third-order valence-corrected chi connectivity index (χ3v) is 6.20. The zero-order valence-corrected chi connectivity index (χ0v) is 22.5. The smallest absolute Gasteiger partial charge is 0.331 e. The first-order valence-electron chi connectivity index (χ1n) is 13.1. The van der Waals surface area contributed by atoms with Crippen LogP contribution in [-0.4, -0.2) is 18.5 Å². The average molecular weight is 502 g/mol. The number of rotatable bonds is 17. The van der Waals surface area contributed by atoms with Gasteiger partial charge in [-0.05, 0) is 69.1 Å². The lowest BCUT2D eigenvalue weighted by molar-refractivity contribution is -0.141. The number of benzene rings is 2. The van der Waals surface area contributed by atoms with Crippen LogP contribution in [0.15, 0.2) is 84.0 Å². The molecule has 2 aromatic carbocycles. The number of esters is 1. The first kappa shape index (κ1) is 30.1. The summed E-state index contributed by atoms with van der Waals surface area (Å²) < 4.78 is 10.9. The molecule has 0 N–H and O–H groups in total. The van der Waals surface area contributed by atoms with Crippen LogP contribution in [0, 0.1) is 25.7 Å². The number of carbonyl (C=O) groups is 2. The van der Waals surface area contributed by atoms with Gasteiger partial charge in [0.15, 0.2) is 6.10 Å². The van der Waals surface area contributed by atoms with Crippen LogP contribution in [0.3, 0.4) is 0 Å². The van der Waals surface area contributed by atoms with Crippen molar-refractivity contribution < 1.29 is 19.1 Å². The Morgan fingerprint density at radius 2 is 1.49 bits per heavy atom. The van der Waals surface area contributed by atoms with Gasteiger partial charge in [0.25, 0.3) is 6.47 Å². The van der Waals surface area contributed by atoms with Gasteiger partial charge < -0.3 is 9.47 Å². The van der Waals surface area contributed by atoms with Crippen LogP contribution in [0.25, 0.3) is 0 Å². The summed E-state index contributed by atoms with van der Waals surface area (Å²) in [6.07, 6.45) is 12.7. The molecule has 0 heterocycles. The number of carbonyl (C=O) groups excluding carboxylic acids is 2. The fourth-order valence-corrected chi connectivity index (χ4v) is 4.51. The molecular formula is C33H41O4. The van der Waals surface area contributed by atoms with Crippen LogP contribution in [0.2, 0.25) is 0 Å². The molecule has 37 heavy (non-hydrogen) atoms. The molecule has 0 saturated heterocycles. The second-order valence-corrected chi connectivity index (χ2v) is 9.66. The lowest BCUT2D eigenvalue weighted by Crippen LogP contribution is -2.12. The van der Waals surface area contributed by atoms with Crippen LogP contribution in [-0.2, 0) is 19.1 Å². The number of ether oxygens (including phenoxy) is 2. The molecule has 0 spiro atoms. The molecule has 3 radical (unpaired) electrons. The topological polar surface area (TPSA) is 52.6 Å². The van der Waals surface area contributed by atoms with E-state index in [9.17, 15) is 9.59 Å². The predicted octanol–water partition coefficient (Wildman–Crippen LogP) is 7.97. The van der Waals surface area contributed by atoms with Crippen molar-refractivity contribution in [3.8, 4) is 0 Å². The monoisotopic (exact) mass is 501 g/mol. The van der Waals surface area contributed by atoms with Crippen LogP contribution in [0.4, 0.5) is 0 Å². The molecule has 0 amide bonds. The van der Waals surface area contributed by atoms with E-state index in [0.29, 0.717) is 12.4 Å². The maximum Gasteiger partial charge on any atom is 0.331 e. The number of hydrogen-bond donors (Lipinski definition) is 0. The molecule has 0 aliphatic heterocycles. The van der Waals surface area contributed by atoms with Gasteiger partial charge in [-0.2, -0.15) is 0 Å². The molecule has 2 aromatic rings. The Kier molecular flexibility index (Phi) is 14.1. The quantitative estimate of drug-likeness (QED) is 0.0725. The van der Waals surface area contributed by atoms with Crippen molar-refractivity contribution in [2.24, 2.45) is 5.92 Å². The minimum absolute atomic E-state index is 0.172. The molecular weight excluding hydrogens is 460 g/mol. The van der Waals surface area contributed by atoms with Crippen molar-refractivity contribution in [3.63, 3.8) is 0 Å². The summed E-state index contributed by atoms with van der Waals surface area (Å²) in [5, 5.41) is 0. The molecule has 0 aliphatic rings. The largest absolute Gasteiger partial charge is 0.464 e. The van der Waals surface area contributed by atoms with Crippen molar-refractivity contribution in [2.75, 3.05) is 0 Å². The van der Waals surface area contributed by atoms with Gasteiger partial charge in [0.2, 0.25) is 0 Å². The number of allylic oxidation sites excluding steroid dienone is 3. The van der Waals surface area contributed by atoms with Gasteiger partial charge in [-0.15, -0.1) is 0 Å². The first-order valence-corrected chi connectivity index (χ1v) is 13.1. The van der Waals surface area contributed by atoms with Crippen LogP contribution in [0.1, 0.15) is 76.5 Å². The van der Waals surface area contributed by atoms with E-state index in [0.717, 1.165) is 55.2 Å². The maximum absolute atomic E-state index is 12.8. The highest BCUT2D eigenvalue weighted by Gasteiger charge is 2.18. The number of hydrogen-bond acceptors (Lipinski definition) is 4. The van der Waals surface area contributed by atoms with E-state index in [2.05, 4.69) is 26.8 Å². The molecule has 4 nitrogen and oxygen atoms in total. The van der Waals surface area contributed by atoms with Crippen LogP contribution >= 0.6 is 0 Å². The molecule has 0 unspecified atom stereocenters. The van der Waals surface area contributed by atoms with Crippen molar-refractivity contribution in [3.05, 3.63) is 115 Å². The molecule has 197 valence electrons. The number of unbranched alkanes of at least 4 members (excludes halogenated alkanes) is 2. The highest BCUT2D eigenvalue weighted by molar-refractivity contribution is 5.83. The molecule has 0 aromatic heterocycles. The third-order valence-electron chi connectivity index (χ3n) is 6.20. The minimum Gasteiger partial charge on any atom is -0.464 e. The Morgan fingerprint density at radius 3 is 2.05 bits per heavy atom. The fraction of sp³-hybridized carbons (Fsp3) is 0.364. The zero-order chi connectivity index (χ0) is 26.9. The summed E-state index contributed by atoms with van der Waals surface area (Å²) in [4.78, 5) is 23.3. The molecule has 0 saturated carbocycles. The van der Waals surface area contributed by atoms with E-state index in [1.54, 1.807) is 12.5 Å². The van der Waals surface area contributed by atoms with Crippen molar-refractivity contribution >= 4 is 12.4 Å². The molecule has 0 aliphatic carbocycles. The summed E-state index contributed by atoms with van der Waals surface area (Å²) in [5.74, 6) is 0.205. The first-order chi connectivity index (χ1) is 17.9. The van der Waals surface area contributed by atoms with E-state index >= 15 is 0 Å². The Balaban J connectivity index is 1.84. The highest BCUT2D eigenvalue weighted by Crippen LogP contribution is 2.26. The second-order valence-electron chi connectivity index (χ2n) is 9.66. The lowest BCUT2D eigenvalue weighted by atomic mass is 9.94. The Hall–Kier alpha value is -3.14. The van der Waals surface area contributed by atoms with Crippen molar-refractivity contribution in [1.29, 1.82) is 0 Å². The normalized spacial score (nSPS) is 13.8. The second kappa shape index (κ2) is 17.3. The average Bonchev–Trinajstić information content (AvgIpc) is 2.88. The summed E-state index contributed by atoms with van der Waals surface area (Å²) in [6.45, 7) is 10.5. The van der Waals surface area contributed by atoms with Gasteiger partial charge in [-0.3, -0.25) is 4.79 Å². The molecule has 0 fully saturated rings. The third kappa shape index (κ3) is 12.1. The van der Waals surface area contributed by atoms with Crippen LogP contribution in [0.5, 0.6) is 0 Å². The van der Waals surface area contributed by atoms with Gasteiger partial charge >= 0.3 is 5.97 Å². The summed E-state index contributed by atoms with van der Waals surface area (Å²) in [6, 6.07) is 19.6. The minimum atomic E-state index is -0.445. The highest BCUT2D eigenvalue weighted by atomic mass is 16.5. The predicted molar refractivity (Wildman–Crippen MR) is 150 cm³/mol. The zero-order valence-electron chi connectivity index (χ0n) is 22.5. The summed E-state index contributed by atoms with van der Waals surface area (Å²) >= 11 is 0. The van der Waals surface area contributed by atoms with Gasteiger partial charge in [-0.25, -0.2) is 4.79 Å². The van der Waals surface area contributed by atoms with E-state index in [1.165, 1.54) is 5.57 Å². The SMILES string of the molecule is [CH2][CH][CH][C@@H](CCCCC[C@@H](C)C/C(C)=C/C(C)=C/C(=O)OC(c1ccccc1)c1ccccc1)OC=O. The van der Waals surface area contributed by atoms with Gasteiger partial charge in [0.05, 0.1) is 0 Å². The standard InChI is InChI=1S/C33H41O4/c1-5-15-31(36-25-34)21-14-6-9-16-26(2)22-27(3)23-28(4)24-32(35)37-33(29-17-10-7-11-18-29)30-19-12-8-13-20-30/h5,7-8,10-13,15,17-20,23-26,31,33H,1,6,9,14,16,21-22H2,2-4H3/b27-23+,28-24+/t26-,31+/m1/s1. The summed E-state index contributed by atoms with van der Waals surface area (Å²) in [5.41, 5.74) is 4.02. The van der Waals surface area contributed by atoms with Crippen LogP contribution < -0.4 is 0 Å². The van der Waals surface area contributed by atoms with E-state index in [1.807, 2.05) is 74.0 Å². The lowest BCUT2D eigenvalue weighted by Gasteiger charge is -2.18. The Bertz CT molecular complexity index is 938. The molecule has 2 rings (SSSR count). The van der Waals surface area contributed by atoms with E-state index in [4.69, 9.17) is 9.47 Å².